The molecular formula is C7H7NOS. The minimum Gasteiger partial charge on any atom is -0.299 e. The highest BCUT2D eigenvalue weighted by atomic mass is 32.1. The predicted molar refractivity (Wildman–Crippen MR) is 39.1 cm³/mol. The standard InChI is InChI=1S/C7H7NOS/c9-5-1-2-7-6(3-5)8-4-10-7/h4H,1-3H2. The first kappa shape index (κ1) is 6.04. The summed E-state index contributed by atoms with van der Waals surface area (Å²) in [6.45, 7) is 0. The molecule has 0 spiro atoms. The van der Waals surface area contributed by atoms with Crippen molar-refractivity contribution in [1.82, 2.24) is 4.98 Å². The summed E-state index contributed by atoms with van der Waals surface area (Å²) in [4.78, 5) is 16.3. The molecule has 1 aromatic heterocycles. The lowest BCUT2D eigenvalue weighted by atomic mass is 10.0. The Morgan fingerprint density at radius 1 is 1.50 bits per heavy atom. The van der Waals surface area contributed by atoms with E-state index in [2.05, 4.69) is 4.98 Å². The fourth-order valence-electron chi connectivity index (χ4n) is 1.17. The zero-order valence-corrected chi connectivity index (χ0v) is 6.28. The van der Waals surface area contributed by atoms with Gasteiger partial charge >= 0.3 is 0 Å². The summed E-state index contributed by atoms with van der Waals surface area (Å²) in [5.41, 5.74) is 2.84. The lowest BCUT2D eigenvalue weighted by Crippen LogP contribution is -2.11. The van der Waals surface area contributed by atoms with Gasteiger partial charge in [0.25, 0.3) is 0 Å². The van der Waals surface area contributed by atoms with Gasteiger partial charge in [0.1, 0.15) is 5.78 Å². The maximum atomic E-state index is 10.9. The SMILES string of the molecule is O=C1CCc2scnc2C1. The Labute approximate surface area is 62.9 Å². The summed E-state index contributed by atoms with van der Waals surface area (Å²) in [5.74, 6) is 0.332. The van der Waals surface area contributed by atoms with E-state index in [0.717, 1.165) is 18.5 Å². The molecule has 0 fully saturated rings. The van der Waals surface area contributed by atoms with Gasteiger partial charge in [0, 0.05) is 17.7 Å². The third-order valence-electron chi connectivity index (χ3n) is 1.72. The van der Waals surface area contributed by atoms with E-state index in [-0.39, 0.29) is 0 Å². The zero-order chi connectivity index (χ0) is 6.97. The van der Waals surface area contributed by atoms with E-state index in [9.17, 15) is 4.79 Å². The number of aryl methyl sites for hydroxylation is 1. The normalized spacial score (nSPS) is 17.0. The van der Waals surface area contributed by atoms with Gasteiger partial charge < -0.3 is 0 Å². The fraction of sp³-hybridized carbons (Fsp3) is 0.429. The second kappa shape index (κ2) is 2.16. The molecule has 1 heterocycles. The molecule has 1 aliphatic rings. The Morgan fingerprint density at radius 2 is 2.40 bits per heavy atom. The van der Waals surface area contributed by atoms with E-state index in [1.807, 2.05) is 5.51 Å². The highest BCUT2D eigenvalue weighted by molar-refractivity contribution is 7.09. The average molecular weight is 153 g/mol. The molecule has 2 rings (SSSR count). The van der Waals surface area contributed by atoms with Crippen LogP contribution in [0.5, 0.6) is 0 Å². The minimum absolute atomic E-state index is 0.332. The van der Waals surface area contributed by atoms with Crippen molar-refractivity contribution in [3.05, 3.63) is 16.1 Å². The minimum atomic E-state index is 0.332. The quantitative estimate of drug-likeness (QED) is 0.560. The van der Waals surface area contributed by atoms with Crippen LogP contribution in [0.3, 0.4) is 0 Å². The van der Waals surface area contributed by atoms with Gasteiger partial charge in [-0.15, -0.1) is 11.3 Å². The Morgan fingerprint density at radius 3 is 3.30 bits per heavy atom. The average Bonchev–Trinajstić information content (AvgIpc) is 2.33. The second-order valence-electron chi connectivity index (χ2n) is 2.44. The molecule has 3 heteroatoms. The van der Waals surface area contributed by atoms with Gasteiger partial charge in [-0.1, -0.05) is 0 Å². The number of aromatic nitrogens is 1. The van der Waals surface area contributed by atoms with Crippen LogP contribution < -0.4 is 0 Å². The molecule has 1 aromatic rings. The number of hydrogen-bond acceptors (Lipinski definition) is 3. The number of fused-ring (bicyclic) bond motifs is 1. The van der Waals surface area contributed by atoms with Crippen molar-refractivity contribution in [1.29, 1.82) is 0 Å². The molecule has 2 nitrogen and oxygen atoms in total. The van der Waals surface area contributed by atoms with Gasteiger partial charge in [0.05, 0.1) is 11.2 Å². The first-order valence-electron chi connectivity index (χ1n) is 3.29. The number of nitrogens with zero attached hydrogens (tertiary/aromatic N) is 1. The third kappa shape index (κ3) is 0.865. The molecule has 1 aliphatic carbocycles. The number of hydrogen-bond donors (Lipinski definition) is 0. The Kier molecular flexibility index (Phi) is 1.31. The van der Waals surface area contributed by atoms with Crippen LogP contribution in [0.25, 0.3) is 0 Å². The van der Waals surface area contributed by atoms with Crippen LogP contribution in [0, 0.1) is 0 Å². The summed E-state index contributed by atoms with van der Waals surface area (Å²) in [7, 11) is 0. The van der Waals surface area contributed by atoms with Crippen LogP contribution in [0.1, 0.15) is 17.0 Å². The third-order valence-corrected chi connectivity index (χ3v) is 2.66. The topological polar surface area (TPSA) is 30.0 Å². The largest absolute Gasteiger partial charge is 0.299 e. The van der Waals surface area contributed by atoms with Crippen LogP contribution >= 0.6 is 11.3 Å². The number of ketones is 1. The molecule has 10 heavy (non-hydrogen) atoms. The molecule has 0 saturated heterocycles. The zero-order valence-electron chi connectivity index (χ0n) is 5.46. The van der Waals surface area contributed by atoms with Gasteiger partial charge in [0.2, 0.25) is 0 Å². The van der Waals surface area contributed by atoms with E-state index < -0.39 is 0 Å². The molecule has 0 saturated carbocycles. The van der Waals surface area contributed by atoms with Crippen molar-refractivity contribution in [3.8, 4) is 0 Å². The number of thiazole rings is 1. The lowest BCUT2D eigenvalue weighted by Gasteiger charge is -2.06. The molecule has 0 N–H and O–H groups in total. The number of carbonyl (C=O) groups excluding carboxylic acids is 1. The molecule has 0 aromatic carbocycles. The summed E-state index contributed by atoms with van der Waals surface area (Å²) < 4.78 is 0. The number of Topliss-reactive ketones (excluding diaryl/α,β-unsaturated/α-hetero) is 1. The van der Waals surface area contributed by atoms with Crippen LogP contribution in [0.2, 0.25) is 0 Å². The van der Waals surface area contributed by atoms with Crippen molar-refractivity contribution in [2.24, 2.45) is 0 Å². The van der Waals surface area contributed by atoms with Crippen molar-refractivity contribution >= 4 is 17.1 Å². The smallest absolute Gasteiger partial charge is 0.139 e. The fourth-order valence-corrected chi connectivity index (χ4v) is 1.96. The van der Waals surface area contributed by atoms with E-state index in [0.29, 0.717) is 12.2 Å². The van der Waals surface area contributed by atoms with E-state index >= 15 is 0 Å². The van der Waals surface area contributed by atoms with Crippen LogP contribution in [0.15, 0.2) is 5.51 Å². The molecule has 0 atom stereocenters. The van der Waals surface area contributed by atoms with Crippen LogP contribution in [-0.2, 0) is 17.6 Å². The summed E-state index contributed by atoms with van der Waals surface area (Å²) in [5, 5.41) is 0. The maximum absolute atomic E-state index is 10.9. The first-order valence-corrected chi connectivity index (χ1v) is 4.17. The molecule has 0 bridgehead atoms. The molecule has 0 amide bonds. The van der Waals surface area contributed by atoms with Crippen molar-refractivity contribution < 1.29 is 4.79 Å². The highest BCUT2D eigenvalue weighted by Gasteiger charge is 2.16. The van der Waals surface area contributed by atoms with Crippen molar-refractivity contribution in [2.45, 2.75) is 19.3 Å². The van der Waals surface area contributed by atoms with Crippen molar-refractivity contribution in [2.75, 3.05) is 0 Å². The van der Waals surface area contributed by atoms with Gasteiger partial charge in [-0.2, -0.15) is 0 Å². The lowest BCUT2D eigenvalue weighted by molar-refractivity contribution is -0.118. The molecule has 52 valence electrons. The summed E-state index contributed by atoms with van der Waals surface area (Å²) >= 11 is 1.66. The van der Waals surface area contributed by atoms with Crippen LogP contribution in [0.4, 0.5) is 0 Å². The highest BCUT2D eigenvalue weighted by Crippen LogP contribution is 2.21. The maximum Gasteiger partial charge on any atom is 0.139 e. The van der Waals surface area contributed by atoms with Crippen LogP contribution in [-0.4, -0.2) is 10.8 Å². The Bertz CT molecular complexity index is 266. The van der Waals surface area contributed by atoms with Gasteiger partial charge in [-0.3, -0.25) is 4.79 Å². The Balaban J connectivity index is 2.39. The number of rotatable bonds is 0. The summed E-state index contributed by atoms with van der Waals surface area (Å²) in [6, 6.07) is 0. The molecule has 0 unspecified atom stereocenters. The monoisotopic (exact) mass is 153 g/mol. The van der Waals surface area contributed by atoms with E-state index in [1.54, 1.807) is 11.3 Å². The van der Waals surface area contributed by atoms with E-state index in [4.69, 9.17) is 0 Å². The predicted octanol–water partition coefficient (Wildman–Crippen LogP) is 1.20. The second-order valence-corrected chi connectivity index (χ2v) is 3.38. The molecule has 0 radical (unpaired) electrons. The van der Waals surface area contributed by atoms with E-state index in [1.165, 1.54) is 4.88 Å². The van der Waals surface area contributed by atoms with Gasteiger partial charge in [-0.05, 0) is 6.42 Å². The molecular weight excluding hydrogens is 146 g/mol. The summed E-state index contributed by atoms with van der Waals surface area (Å²) in [6.07, 6.45) is 2.20. The first-order chi connectivity index (χ1) is 4.86. The van der Waals surface area contributed by atoms with Crippen molar-refractivity contribution in [3.63, 3.8) is 0 Å². The van der Waals surface area contributed by atoms with Gasteiger partial charge in [-0.25, -0.2) is 4.98 Å². The van der Waals surface area contributed by atoms with Gasteiger partial charge in [0.15, 0.2) is 0 Å². The Hall–Kier alpha value is -0.700. The molecule has 0 aliphatic heterocycles. The number of carbonyl (C=O) groups is 1.